The Hall–Kier alpha value is -2.80. The summed E-state index contributed by atoms with van der Waals surface area (Å²) in [5.41, 5.74) is 3.51. The lowest BCUT2D eigenvalue weighted by Crippen LogP contribution is -2.23. The molecular formula is C20H23N3O3S. The van der Waals surface area contributed by atoms with Crippen molar-refractivity contribution in [2.24, 2.45) is 7.05 Å². The second-order valence-corrected chi connectivity index (χ2v) is 6.92. The number of ether oxygens (including phenoxy) is 2. The number of carbonyl (C=O) groups is 1. The van der Waals surface area contributed by atoms with Crippen molar-refractivity contribution in [1.29, 1.82) is 0 Å². The first-order valence-electron chi connectivity index (χ1n) is 8.69. The molecule has 0 saturated carbocycles. The van der Waals surface area contributed by atoms with E-state index in [0.29, 0.717) is 30.3 Å². The maximum absolute atomic E-state index is 12.4. The van der Waals surface area contributed by atoms with Crippen LogP contribution in [0, 0.1) is 6.92 Å². The molecule has 0 unspecified atom stereocenters. The van der Waals surface area contributed by atoms with Gasteiger partial charge in [0.2, 0.25) is 0 Å². The fourth-order valence-electron chi connectivity index (χ4n) is 2.69. The molecule has 0 aliphatic carbocycles. The van der Waals surface area contributed by atoms with Gasteiger partial charge in [-0.15, -0.1) is 11.3 Å². The average Bonchev–Trinajstić information content (AvgIpc) is 3.28. The van der Waals surface area contributed by atoms with Gasteiger partial charge < -0.3 is 19.4 Å². The first kappa shape index (κ1) is 19.0. The van der Waals surface area contributed by atoms with Gasteiger partial charge in [0.15, 0.2) is 11.5 Å². The molecule has 0 fully saturated rings. The monoisotopic (exact) mass is 385 g/mol. The summed E-state index contributed by atoms with van der Waals surface area (Å²) in [6.07, 6.45) is 0. The number of hydrogen-bond donors (Lipinski definition) is 1. The van der Waals surface area contributed by atoms with Gasteiger partial charge in [0.1, 0.15) is 10.7 Å². The number of carbonyl (C=O) groups excluding carboxylic acids is 1. The minimum atomic E-state index is -0.198. The third kappa shape index (κ3) is 4.14. The van der Waals surface area contributed by atoms with E-state index in [1.165, 1.54) is 11.3 Å². The number of rotatable bonds is 7. The molecule has 0 spiro atoms. The number of benzene rings is 1. The van der Waals surface area contributed by atoms with E-state index in [2.05, 4.69) is 14.9 Å². The summed E-state index contributed by atoms with van der Waals surface area (Å²) in [5, 5.41) is 5.52. The molecule has 0 bridgehead atoms. The van der Waals surface area contributed by atoms with E-state index in [9.17, 15) is 4.79 Å². The third-order valence-corrected chi connectivity index (χ3v) is 5.17. The van der Waals surface area contributed by atoms with E-state index in [1.54, 1.807) is 12.5 Å². The van der Waals surface area contributed by atoms with Gasteiger partial charge >= 0.3 is 0 Å². The predicted octanol–water partition coefficient (Wildman–Crippen LogP) is 3.79. The highest BCUT2D eigenvalue weighted by Gasteiger charge is 2.14. The highest BCUT2D eigenvalue weighted by Crippen LogP contribution is 2.28. The van der Waals surface area contributed by atoms with E-state index in [0.717, 1.165) is 22.0 Å². The lowest BCUT2D eigenvalue weighted by atomic mass is 10.2. The maximum Gasteiger partial charge on any atom is 0.271 e. The number of methoxy groups -OCH3 is 1. The quantitative estimate of drug-likeness (QED) is 0.672. The molecule has 1 amide bonds. The maximum atomic E-state index is 12.4. The standard InChI is InChI=1S/C20H23N3O3S/c1-5-26-17-9-7-14(10-18(17)25-4)11-21-19(24)15-12-27-20(22-15)16-8-6-13(2)23(16)3/h6-10,12H,5,11H2,1-4H3,(H,21,24). The molecule has 7 heteroatoms. The van der Waals surface area contributed by atoms with Crippen LogP contribution in [0.5, 0.6) is 11.5 Å². The van der Waals surface area contributed by atoms with Gasteiger partial charge in [-0.3, -0.25) is 4.79 Å². The SMILES string of the molecule is CCOc1ccc(CNC(=O)c2csc(-c3ccc(C)n3C)n2)cc1OC. The first-order chi connectivity index (χ1) is 13.0. The zero-order valence-electron chi connectivity index (χ0n) is 15.9. The van der Waals surface area contributed by atoms with Gasteiger partial charge in [0, 0.05) is 24.7 Å². The van der Waals surface area contributed by atoms with Gasteiger partial charge in [-0.25, -0.2) is 4.98 Å². The lowest BCUT2D eigenvalue weighted by Gasteiger charge is -2.11. The van der Waals surface area contributed by atoms with Crippen LogP contribution in [-0.2, 0) is 13.6 Å². The van der Waals surface area contributed by atoms with Crippen molar-refractivity contribution < 1.29 is 14.3 Å². The van der Waals surface area contributed by atoms with E-state index in [1.807, 2.05) is 51.2 Å². The van der Waals surface area contributed by atoms with Gasteiger partial charge in [-0.05, 0) is 43.7 Å². The minimum absolute atomic E-state index is 0.198. The van der Waals surface area contributed by atoms with E-state index in [4.69, 9.17) is 9.47 Å². The molecule has 142 valence electrons. The fraction of sp³-hybridized carbons (Fsp3) is 0.300. The highest BCUT2D eigenvalue weighted by atomic mass is 32.1. The van der Waals surface area contributed by atoms with Crippen molar-refractivity contribution in [2.75, 3.05) is 13.7 Å². The van der Waals surface area contributed by atoms with Crippen LogP contribution < -0.4 is 14.8 Å². The predicted molar refractivity (Wildman–Crippen MR) is 107 cm³/mol. The Morgan fingerprint density at radius 1 is 1.26 bits per heavy atom. The minimum Gasteiger partial charge on any atom is -0.493 e. The van der Waals surface area contributed by atoms with Crippen LogP contribution in [-0.4, -0.2) is 29.2 Å². The molecule has 2 aromatic heterocycles. The largest absolute Gasteiger partial charge is 0.493 e. The summed E-state index contributed by atoms with van der Waals surface area (Å²) in [5.74, 6) is 1.15. The van der Waals surface area contributed by atoms with Gasteiger partial charge in [-0.1, -0.05) is 6.07 Å². The second-order valence-electron chi connectivity index (χ2n) is 6.06. The molecule has 3 aromatic rings. The molecule has 6 nitrogen and oxygen atoms in total. The zero-order chi connectivity index (χ0) is 19.4. The van der Waals surface area contributed by atoms with Crippen LogP contribution in [0.25, 0.3) is 10.7 Å². The molecule has 1 N–H and O–H groups in total. The second kappa shape index (κ2) is 8.26. The molecule has 0 saturated heterocycles. The van der Waals surface area contributed by atoms with Gasteiger partial charge in [0.25, 0.3) is 5.91 Å². The van der Waals surface area contributed by atoms with Gasteiger partial charge in [0.05, 0.1) is 19.4 Å². The van der Waals surface area contributed by atoms with Crippen molar-refractivity contribution in [3.63, 3.8) is 0 Å². The Labute approximate surface area is 162 Å². The van der Waals surface area contributed by atoms with Crippen LogP contribution in [0.4, 0.5) is 0 Å². The summed E-state index contributed by atoms with van der Waals surface area (Å²) in [4.78, 5) is 16.9. The molecule has 3 rings (SSSR count). The van der Waals surface area contributed by atoms with Crippen LogP contribution in [0.3, 0.4) is 0 Å². The van der Waals surface area contributed by atoms with E-state index < -0.39 is 0 Å². The first-order valence-corrected chi connectivity index (χ1v) is 9.57. The number of aryl methyl sites for hydroxylation is 1. The topological polar surface area (TPSA) is 65.4 Å². The van der Waals surface area contributed by atoms with Crippen molar-refractivity contribution in [3.05, 3.63) is 52.7 Å². The van der Waals surface area contributed by atoms with Crippen molar-refractivity contribution >= 4 is 17.2 Å². The number of thiazole rings is 1. The highest BCUT2D eigenvalue weighted by molar-refractivity contribution is 7.13. The Balaban J connectivity index is 1.67. The van der Waals surface area contributed by atoms with Crippen LogP contribution in [0.15, 0.2) is 35.7 Å². The van der Waals surface area contributed by atoms with Crippen LogP contribution in [0.2, 0.25) is 0 Å². The summed E-state index contributed by atoms with van der Waals surface area (Å²) < 4.78 is 12.9. The van der Waals surface area contributed by atoms with Crippen LogP contribution >= 0.6 is 11.3 Å². The van der Waals surface area contributed by atoms with Crippen molar-refractivity contribution in [1.82, 2.24) is 14.9 Å². The third-order valence-electron chi connectivity index (χ3n) is 4.31. The number of nitrogens with one attached hydrogen (secondary N) is 1. The smallest absolute Gasteiger partial charge is 0.271 e. The average molecular weight is 385 g/mol. The number of nitrogens with zero attached hydrogens (tertiary/aromatic N) is 2. The molecule has 0 aliphatic heterocycles. The summed E-state index contributed by atoms with van der Waals surface area (Å²) >= 11 is 1.46. The molecule has 27 heavy (non-hydrogen) atoms. The molecule has 0 aliphatic rings. The molecular weight excluding hydrogens is 362 g/mol. The molecule has 2 heterocycles. The van der Waals surface area contributed by atoms with E-state index in [-0.39, 0.29) is 5.91 Å². The molecule has 1 aromatic carbocycles. The van der Waals surface area contributed by atoms with Crippen molar-refractivity contribution in [2.45, 2.75) is 20.4 Å². The van der Waals surface area contributed by atoms with Crippen molar-refractivity contribution in [3.8, 4) is 22.2 Å². The Morgan fingerprint density at radius 3 is 2.74 bits per heavy atom. The summed E-state index contributed by atoms with van der Waals surface area (Å²) in [7, 11) is 3.59. The lowest BCUT2D eigenvalue weighted by molar-refractivity contribution is 0.0946. The number of amides is 1. The zero-order valence-corrected chi connectivity index (χ0v) is 16.7. The molecule has 0 radical (unpaired) electrons. The number of hydrogen-bond acceptors (Lipinski definition) is 5. The summed E-state index contributed by atoms with van der Waals surface area (Å²) in [6.45, 7) is 4.92. The fourth-order valence-corrected chi connectivity index (χ4v) is 3.55. The Kier molecular flexibility index (Phi) is 5.81. The number of aromatic nitrogens is 2. The Bertz CT molecular complexity index is 946. The summed E-state index contributed by atoms with van der Waals surface area (Å²) in [6, 6.07) is 9.68. The Morgan fingerprint density at radius 2 is 2.07 bits per heavy atom. The molecule has 0 atom stereocenters. The normalized spacial score (nSPS) is 10.7. The van der Waals surface area contributed by atoms with Crippen LogP contribution in [0.1, 0.15) is 28.7 Å². The van der Waals surface area contributed by atoms with E-state index >= 15 is 0 Å². The van der Waals surface area contributed by atoms with Gasteiger partial charge in [-0.2, -0.15) is 0 Å².